The molecular weight excluding hydrogens is 364 g/mol. The summed E-state index contributed by atoms with van der Waals surface area (Å²) in [5.74, 6) is 0.531. The molecule has 1 aliphatic rings. The van der Waals surface area contributed by atoms with Gasteiger partial charge in [-0.3, -0.25) is 10.1 Å². The summed E-state index contributed by atoms with van der Waals surface area (Å²) in [6, 6.07) is 9.76. The van der Waals surface area contributed by atoms with E-state index in [1.807, 2.05) is 6.92 Å². The third kappa shape index (κ3) is 3.71. The van der Waals surface area contributed by atoms with E-state index in [-0.39, 0.29) is 17.3 Å². The van der Waals surface area contributed by atoms with E-state index >= 15 is 0 Å². The quantitative estimate of drug-likeness (QED) is 0.327. The monoisotopic (exact) mass is 382 g/mol. The Bertz CT molecular complexity index is 1010. The van der Waals surface area contributed by atoms with Gasteiger partial charge in [-0.1, -0.05) is 12.1 Å². The van der Waals surface area contributed by atoms with Gasteiger partial charge in [-0.05, 0) is 43.7 Å². The third-order valence-electron chi connectivity index (χ3n) is 4.14. The van der Waals surface area contributed by atoms with Crippen LogP contribution in [0.25, 0.3) is 6.08 Å². The van der Waals surface area contributed by atoms with Gasteiger partial charge in [-0.25, -0.2) is 9.79 Å². The molecule has 0 amide bonds. The van der Waals surface area contributed by atoms with Crippen molar-refractivity contribution >= 4 is 23.6 Å². The molecule has 8 nitrogen and oxygen atoms in total. The highest BCUT2D eigenvalue weighted by molar-refractivity contribution is 6.13. The first-order valence-electron chi connectivity index (χ1n) is 8.52. The van der Waals surface area contributed by atoms with Crippen molar-refractivity contribution in [3.8, 4) is 11.5 Å². The smallest absolute Gasteiger partial charge is 0.363 e. The molecule has 0 bridgehead atoms. The second-order valence-electron chi connectivity index (χ2n) is 5.89. The average molecular weight is 382 g/mol. The van der Waals surface area contributed by atoms with Crippen molar-refractivity contribution < 1.29 is 23.9 Å². The summed E-state index contributed by atoms with van der Waals surface area (Å²) in [6.07, 6.45) is 1.56. The summed E-state index contributed by atoms with van der Waals surface area (Å²) < 4.78 is 16.0. The molecule has 0 radical (unpaired) electrons. The van der Waals surface area contributed by atoms with Gasteiger partial charge in [0.25, 0.3) is 5.69 Å². The first-order valence-corrected chi connectivity index (χ1v) is 8.52. The van der Waals surface area contributed by atoms with Gasteiger partial charge in [0.1, 0.15) is 0 Å². The van der Waals surface area contributed by atoms with Crippen LogP contribution in [0.2, 0.25) is 0 Å². The summed E-state index contributed by atoms with van der Waals surface area (Å²) in [5.41, 5.74) is 1.48. The summed E-state index contributed by atoms with van der Waals surface area (Å²) >= 11 is 0. The van der Waals surface area contributed by atoms with Crippen LogP contribution < -0.4 is 9.47 Å². The van der Waals surface area contributed by atoms with E-state index in [0.717, 1.165) is 0 Å². The van der Waals surface area contributed by atoms with E-state index < -0.39 is 10.9 Å². The van der Waals surface area contributed by atoms with Crippen LogP contribution in [0.5, 0.6) is 11.5 Å². The Morgan fingerprint density at radius 2 is 2.04 bits per heavy atom. The van der Waals surface area contributed by atoms with Crippen molar-refractivity contribution in [1.29, 1.82) is 0 Å². The van der Waals surface area contributed by atoms with Crippen molar-refractivity contribution in [3.05, 3.63) is 68.9 Å². The second-order valence-corrected chi connectivity index (χ2v) is 5.89. The van der Waals surface area contributed by atoms with Crippen LogP contribution in [0.3, 0.4) is 0 Å². The molecule has 144 valence electrons. The Morgan fingerprint density at radius 1 is 1.25 bits per heavy atom. The highest BCUT2D eigenvalue weighted by Crippen LogP contribution is 2.30. The molecule has 0 spiro atoms. The van der Waals surface area contributed by atoms with Gasteiger partial charge in [0.15, 0.2) is 17.2 Å². The number of methoxy groups -OCH3 is 1. The van der Waals surface area contributed by atoms with Crippen LogP contribution in [0, 0.1) is 17.0 Å². The Morgan fingerprint density at radius 3 is 2.71 bits per heavy atom. The van der Waals surface area contributed by atoms with E-state index in [1.54, 1.807) is 37.3 Å². The van der Waals surface area contributed by atoms with Crippen molar-refractivity contribution in [2.75, 3.05) is 13.7 Å². The molecule has 1 heterocycles. The summed E-state index contributed by atoms with van der Waals surface area (Å²) in [7, 11) is 1.53. The minimum Gasteiger partial charge on any atom is -0.493 e. The zero-order valence-corrected chi connectivity index (χ0v) is 15.6. The highest BCUT2D eigenvalue weighted by atomic mass is 16.6. The number of nitro benzene ring substituents is 1. The van der Waals surface area contributed by atoms with Gasteiger partial charge in [0, 0.05) is 17.2 Å². The fourth-order valence-electron chi connectivity index (χ4n) is 2.78. The molecule has 0 N–H and O–H groups in total. The lowest BCUT2D eigenvalue weighted by Crippen LogP contribution is -2.08. The zero-order valence-electron chi connectivity index (χ0n) is 15.6. The van der Waals surface area contributed by atoms with Gasteiger partial charge in [-0.2, -0.15) is 0 Å². The minimum atomic E-state index is -0.631. The van der Waals surface area contributed by atoms with E-state index in [9.17, 15) is 14.9 Å². The number of ether oxygens (including phenoxy) is 3. The van der Waals surface area contributed by atoms with Crippen LogP contribution >= 0.6 is 0 Å². The maximum absolute atomic E-state index is 12.2. The molecule has 0 saturated heterocycles. The van der Waals surface area contributed by atoms with Crippen LogP contribution in [0.15, 0.2) is 47.1 Å². The molecule has 0 unspecified atom stereocenters. The summed E-state index contributed by atoms with van der Waals surface area (Å²) in [4.78, 5) is 27.1. The largest absolute Gasteiger partial charge is 0.493 e. The SMILES string of the molecule is CCOc1ccc(/C=C2\N=C(c3cccc([N+](=O)[O-])c3C)OC2=O)cc1OC. The molecule has 8 heteroatoms. The molecule has 0 atom stereocenters. The fourth-order valence-corrected chi connectivity index (χ4v) is 2.78. The number of carbonyl (C=O) groups excluding carboxylic acids is 1. The number of hydrogen-bond acceptors (Lipinski definition) is 7. The predicted octanol–water partition coefficient (Wildman–Crippen LogP) is 3.66. The highest BCUT2D eigenvalue weighted by Gasteiger charge is 2.27. The lowest BCUT2D eigenvalue weighted by Gasteiger charge is -2.09. The molecule has 0 saturated carbocycles. The summed E-state index contributed by atoms with van der Waals surface area (Å²) in [5, 5.41) is 11.1. The number of esters is 1. The lowest BCUT2D eigenvalue weighted by molar-refractivity contribution is -0.385. The maximum Gasteiger partial charge on any atom is 0.363 e. The van der Waals surface area contributed by atoms with Crippen LogP contribution in [0.1, 0.15) is 23.6 Å². The number of nitrogens with zero attached hydrogens (tertiary/aromatic N) is 2. The van der Waals surface area contributed by atoms with E-state index in [4.69, 9.17) is 14.2 Å². The molecular formula is C20H18N2O6. The van der Waals surface area contributed by atoms with Gasteiger partial charge < -0.3 is 14.2 Å². The van der Waals surface area contributed by atoms with Crippen LogP contribution in [-0.4, -0.2) is 30.5 Å². The number of carbonyl (C=O) groups is 1. The van der Waals surface area contributed by atoms with Gasteiger partial charge in [-0.15, -0.1) is 0 Å². The molecule has 2 aromatic rings. The topological polar surface area (TPSA) is 100 Å². The average Bonchev–Trinajstić information content (AvgIpc) is 3.03. The van der Waals surface area contributed by atoms with Gasteiger partial charge >= 0.3 is 5.97 Å². The number of aliphatic imine (C=N–C) groups is 1. The molecule has 2 aromatic carbocycles. The van der Waals surface area contributed by atoms with Crippen LogP contribution in [0.4, 0.5) is 5.69 Å². The Hall–Kier alpha value is -3.68. The molecule has 0 fully saturated rings. The van der Waals surface area contributed by atoms with Gasteiger partial charge in [0.2, 0.25) is 5.90 Å². The Balaban J connectivity index is 1.97. The molecule has 0 aliphatic carbocycles. The third-order valence-corrected chi connectivity index (χ3v) is 4.14. The van der Waals surface area contributed by atoms with Crippen molar-refractivity contribution in [2.24, 2.45) is 4.99 Å². The van der Waals surface area contributed by atoms with E-state index in [1.165, 1.54) is 19.2 Å². The number of rotatable bonds is 6. The second kappa shape index (κ2) is 7.91. The lowest BCUT2D eigenvalue weighted by atomic mass is 10.1. The first-order chi connectivity index (χ1) is 13.4. The number of hydrogen-bond donors (Lipinski definition) is 0. The molecule has 0 aromatic heterocycles. The first kappa shape index (κ1) is 19.1. The van der Waals surface area contributed by atoms with Crippen molar-refractivity contribution in [1.82, 2.24) is 0 Å². The zero-order chi connectivity index (χ0) is 20.3. The predicted molar refractivity (Wildman–Crippen MR) is 103 cm³/mol. The fraction of sp³-hybridized carbons (Fsp3) is 0.200. The molecule has 28 heavy (non-hydrogen) atoms. The molecule has 3 rings (SSSR count). The maximum atomic E-state index is 12.2. The number of benzene rings is 2. The number of cyclic esters (lactones) is 1. The number of nitro groups is 1. The summed E-state index contributed by atoms with van der Waals surface area (Å²) in [6.45, 7) is 3.96. The Kier molecular flexibility index (Phi) is 5.39. The van der Waals surface area contributed by atoms with Crippen molar-refractivity contribution in [3.63, 3.8) is 0 Å². The molecule has 1 aliphatic heterocycles. The van der Waals surface area contributed by atoms with Crippen LogP contribution in [-0.2, 0) is 9.53 Å². The van der Waals surface area contributed by atoms with Gasteiger partial charge in [0.05, 0.1) is 18.6 Å². The van der Waals surface area contributed by atoms with E-state index in [0.29, 0.717) is 34.8 Å². The van der Waals surface area contributed by atoms with E-state index in [2.05, 4.69) is 4.99 Å². The standard InChI is InChI=1S/C20H18N2O6/c1-4-27-17-9-8-13(11-18(17)26-3)10-15-20(23)28-19(21-15)14-6-5-7-16(12(14)2)22(24)25/h5-11H,4H2,1-3H3/b15-10-. The Labute approximate surface area is 161 Å². The normalized spacial score (nSPS) is 14.6. The minimum absolute atomic E-state index is 0.0374. The van der Waals surface area contributed by atoms with Crippen molar-refractivity contribution in [2.45, 2.75) is 13.8 Å².